The van der Waals surface area contributed by atoms with Gasteiger partial charge in [0, 0.05) is 20.4 Å². The summed E-state index contributed by atoms with van der Waals surface area (Å²) < 4.78 is 28.5. The molecule has 0 aliphatic heterocycles. The Bertz CT molecular complexity index is 724. The summed E-state index contributed by atoms with van der Waals surface area (Å²) in [5, 5.41) is 2.01. The molecular weight excluding hydrogens is 473 g/mol. The molecular formula is C11H7Br2Cl2NO2S2. The minimum absolute atomic E-state index is 0.0714. The van der Waals surface area contributed by atoms with Crippen molar-refractivity contribution in [1.82, 2.24) is 4.72 Å². The maximum Gasteiger partial charge on any atom is 0.243 e. The summed E-state index contributed by atoms with van der Waals surface area (Å²) in [5.41, 5.74) is 0. The van der Waals surface area contributed by atoms with Crippen molar-refractivity contribution in [2.75, 3.05) is 0 Å². The third-order valence-electron chi connectivity index (χ3n) is 2.35. The molecule has 9 heteroatoms. The molecule has 2 rings (SSSR count). The number of hydrogen-bond donors (Lipinski definition) is 1. The highest BCUT2D eigenvalue weighted by molar-refractivity contribution is 9.10. The molecule has 0 saturated carbocycles. The lowest BCUT2D eigenvalue weighted by atomic mass is 10.4. The standard InChI is InChI=1S/C11H7Br2Cl2NO2S2/c12-6-3-8(14)11(9(15)4-6)20(17,18)16-5-10-7(13)1-2-19-10/h1-4,16H,5H2. The van der Waals surface area contributed by atoms with Crippen LogP contribution in [0, 0.1) is 0 Å². The molecule has 0 spiro atoms. The average Bonchev–Trinajstić information content (AvgIpc) is 2.70. The molecule has 0 aliphatic carbocycles. The fraction of sp³-hybridized carbons (Fsp3) is 0.0909. The maximum atomic E-state index is 12.3. The van der Waals surface area contributed by atoms with E-state index in [0.29, 0.717) is 4.47 Å². The van der Waals surface area contributed by atoms with Gasteiger partial charge in [0.05, 0.1) is 10.0 Å². The van der Waals surface area contributed by atoms with Crippen molar-refractivity contribution in [3.63, 3.8) is 0 Å². The van der Waals surface area contributed by atoms with E-state index in [1.165, 1.54) is 23.5 Å². The molecule has 108 valence electrons. The largest absolute Gasteiger partial charge is 0.243 e. The summed E-state index contributed by atoms with van der Waals surface area (Å²) in [6.45, 7) is 0.170. The summed E-state index contributed by atoms with van der Waals surface area (Å²) in [4.78, 5) is 0.759. The molecule has 1 N–H and O–H groups in total. The van der Waals surface area contributed by atoms with E-state index in [1.54, 1.807) is 0 Å². The molecule has 2 aromatic rings. The zero-order chi connectivity index (χ0) is 14.9. The molecule has 1 aromatic heterocycles. The van der Waals surface area contributed by atoms with E-state index < -0.39 is 10.0 Å². The second-order valence-corrected chi connectivity index (χ2v) is 9.00. The summed E-state index contributed by atoms with van der Waals surface area (Å²) >= 11 is 19.9. The Morgan fingerprint density at radius 2 is 1.80 bits per heavy atom. The quantitative estimate of drug-likeness (QED) is 0.666. The van der Waals surface area contributed by atoms with Crippen LogP contribution in [0.15, 0.2) is 37.4 Å². The molecule has 0 aliphatic rings. The fourth-order valence-corrected chi connectivity index (χ4v) is 5.92. The van der Waals surface area contributed by atoms with Gasteiger partial charge in [0.2, 0.25) is 10.0 Å². The third-order valence-corrected chi connectivity index (χ3v) is 7.05. The van der Waals surface area contributed by atoms with E-state index >= 15 is 0 Å². The molecule has 0 atom stereocenters. The highest BCUT2D eigenvalue weighted by Crippen LogP contribution is 2.33. The molecule has 1 heterocycles. The van der Waals surface area contributed by atoms with Gasteiger partial charge in [-0.3, -0.25) is 0 Å². The van der Waals surface area contributed by atoms with Crippen molar-refractivity contribution in [3.8, 4) is 0 Å². The van der Waals surface area contributed by atoms with Crippen LogP contribution in [-0.2, 0) is 16.6 Å². The first-order chi connectivity index (χ1) is 9.31. The number of nitrogens with one attached hydrogen (secondary N) is 1. The first-order valence-electron chi connectivity index (χ1n) is 5.17. The number of thiophene rings is 1. The van der Waals surface area contributed by atoms with E-state index in [1.807, 2.05) is 11.4 Å². The van der Waals surface area contributed by atoms with E-state index in [2.05, 4.69) is 36.6 Å². The van der Waals surface area contributed by atoms with Crippen LogP contribution in [-0.4, -0.2) is 8.42 Å². The first kappa shape index (κ1) is 16.7. The molecule has 0 saturated heterocycles. The first-order valence-corrected chi connectivity index (χ1v) is 9.88. The molecule has 0 radical (unpaired) electrons. The number of halogens is 4. The van der Waals surface area contributed by atoms with Crippen molar-refractivity contribution < 1.29 is 8.42 Å². The number of rotatable bonds is 4. The van der Waals surface area contributed by atoms with Gasteiger partial charge in [0.15, 0.2) is 0 Å². The van der Waals surface area contributed by atoms with Gasteiger partial charge in [-0.15, -0.1) is 11.3 Å². The van der Waals surface area contributed by atoms with Gasteiger partial charge in [-0.25, -0.2) is 13.1 Å². The second-order valence-electron chi connectivity index (χ2n) is 3.71. The summed E-state index contributed by atoms with van der Waals surface area (Å²) in [5.74, 6) is 0. The maximum absolute atomic E-state index is 12.3. The van der Waals surface area contributed by atoms with Crippen LogP contribution in [0.5, 0.6) is 0 Å². The van der Waals surface area contributed by atoms with Gasteiger partial charge in [0.1, 0.15) is 4.90 Å². The topological polar surface area (TPSA) is 46.2 Å². The van der Waals surface area contributed by atoms with Gasteiger partial charge in [-0.05, 0) is 39.5 Å². The Kier molecular flexibility index (Phi) is 5.56. The van der Waals surface area contributed by atoms with Gasteiger partial charge in [0.25, 0.3) is 0 Å². The summed E-state index contributed by atoms with van der Waals surface area (Å²) in [7, 11) is -3.78. The van der Waals surface area contributed by atoms with Crippen LogP contribution in [0.4, 0.5) is 0 Å². The fourth-order valence-electron chi connectivity index (χ4n) is 1.47. The third kappa shape index (κ3) is 3.76. The number of hydrogen-bond acceptors (Lipinski definition) is 3. The molecule has 1 aromatic carbocycles. The Labute approximate surface area is 147 Å². The van der Waals surface area contributed by atoms with E-state index in [0.717, 1.165) is 9.35 Å². The average molecular weight is 480 g/mol. The van der Waals surface area contributed by atoms with Crippen molar-refractivity contribution >= 4 is 76.4 Å². The van der Waals surface area contributed by atoms with E-state index in [4.69, 9.17) is 23.2 Å². The van der Waals surface area contributed by atoms with Crippen LogP contribution in [0.25, 0.3) is 0 Å². The zero-order valence-corrected chi connectivity index (χ0v) is 16.0. The van der Waals surface area contributed by atoms with Gasteiger partial charge in [-0.1, -0.05) is 39.1 Å². The Hall–Kier alpha value is 0.370. The zero-order valence-electron chi connectivity index (χ0n) is 9.66. The van der Waals surface area contributed by atoms with Crippen molar-refractivity contribution in [2.45, 2.75) is 11.4 Å². The summed E-state index contributed by atoms with van der Waals surface area (Å²) in [6, 6.07) is 4.83. The predicted molar refractivity (Wildman–Crippen MR) is 90.2 cm³/mol. The normalized spacial score (nSPS) is 11.8. The minimum atomic E-state index is -3.78. The van der Waals surface area contributed by atoms with Gasteiger partial charge < -0.3 is 0 Å². The summed E-state index contributed by atoms with van der Waals surface area (Å²) in [6.07, 6.45) is 0. The van der Waals surface area contributed by atoms with Crippen molar-refractivity contribution in [1.29, 1.82) is 0 Å². The SMILES string of the molecule is O=S(=O)(NCc1sccc1Br)c1c(Cl)cc(Br)cc1Cl. The predicted octanol–water partition coefficient (Wildman–Crippen LogP) is 5.06. The monoisotopic (exact) mass is 477 g/mol. The highest BCUT2D eigenvalue weighted by Gasteiger charge is 2.22. The smallest absolute Gasteiger partial charge is 0.207 e. The Balaban J connectivity index is 2.30. The molecule has 0 bridgehead atoms. The molecule has 0 amide bonds. The molecule has 20 heavy (non-hydrogen) atoms. The second kappa shape index (κ2) is 6.64. The van der Waals surface area contributed by atoms with Crippen LogP contribution in [0.2, 0.25) is 10.0 Å². The van der Waals surface area contributed by atoms with E-state index in [-0.39, 0.29) is 21.5 Å². The lowest BCUT2D eigenvalue weighted by Gasteiger charge is -2.10. The number of benzene rings is 1. The van der Waals surface area contributed by atoms with Crippen LogP contribution in [0.1, 0.15) is 4.88 Å². The minimum Gasteiger partial charge on any atom is -0.207 e. The Morgan fingerprint density at radius 1 is 1.20 bits per heavy atom. The lowest BCUT2D eigenvalue weighted by Crippen LogP contribution is -2.23. The van der Waals surface area contributed by atoms with Crippen LogP contribution < -0.4 is 4.72 Å². The highest BCUT2D eigenvalue weighted by atomic mass is 79.9. The van der Waals surface area contributed by atoms with Crippen LogP contribution in [0.3, 0.4) is 0 Å². The number of sulfonamides is 1. The van der Waals surface area contributed by atoms with Gasteiger partial charge in [-0.2, -0.15) is 0 Å². The van der Waals surface area contributed by atoms with Crippen molar-refractivity contribution in [3.05, 3.63) is 47.4 Å². The van der Waals surface area contributed by atoms with Crippen molar-refractivity contribution in [2.24, 2.45) is 0 Å². The Morgan fingerprint density at radius 3 is 2.30 bits per heavy atom. The van der Waals surface area contributed by atoms with Crippen LogP contribution >= 0.6 is 66.4 Å². The lowest BCUT2D eigenvalue weighted by molar-refractivity contribution is 0.582. The molecule has 3 nitrogen and oxygen atoms in total. The van der Waals surface area contributed by atoms with E-state index in [9.17, 15) is 8.42 Å². The molecule has 0 unspecified atom stereocenters. The van der Waals surface area contributed by atoms with Gasteiger partial charge >= 0.3 is 0 Å². The molecule has 0 fully saturated rings.